The molecule has 1 saturated heterocycles. The van der Waals surface area contributed by atoms with Gasteiger partial charge in [0.1, 0.15) is 17.6 Å². The number of imidazole rings is 1. The van der Waals surface area contributed by atoms with Gasteiger partial charge in [0, 0.05) is 13.1 Å². The van der Waals surface area contributed by atoms with Gasteiger partial charge < -0.3 is 20.9 Å². The maximum absolute atomic E-state index is 14.7. The number of carbonyl (C=O) groups excluding carboxylic acids is 1. The molecule has 1 fully saturated rings. The number of nitriles is 1. The second-order valence-corrected chi connectivity index (χ2v) is 7.42. The third kappa shape index (κ3) is 4.39. The number of piperidine rings is 1. The van der Waals surface area contributed by atoms with Crippen molar-refractivity contribution in [2.45, 2.75) is 12.8 Å². The van der Waals surface area contributed by atoms with Crippen molar-refractivity contribution < 1.29 is 9.18 Å². The maximum atomic E-state index is 14.7. The predicted molar refractivity (Wildman–Crippen MR) is 115 cm³/mol. The molecule has 1 aromatic carbocycles. The average molecular weight is 419 g/mol. The minimum absolute atomic E-state index is 0.0659. The first kappa shape index (κ1) is 20.5. The summed E-state index contributed by atoms with van der Waals surface area (Å²) < 4.78 is 14.7. The van der Waals surface area contributed by atoms with Crippen LogP contribution in [-0.4, -0.2) is 40.5 Å². The Balaban J connectivity index is 1.54. The molecule has 0 saturated carbocycles. The molecule has 3 heterocycles. The van der Waals surface area contributed by atoms with Gasteiger partial charge >= 0.3 is 0 Å². The number of amides is 1. The molecule has 1 aliphatic heterocycles. The highest BCUT2D eigenvalue weighted by atomic mass is 19.1. The maximum Gasteiger partial charge on any atom is 0.291 e. The molecule has 0 spiro atoms. The quantitative estimate of drug-likeness (QED) is 0.584. The van der Waals surface area contributed by atoms with Gasteiger partial charge in [-0.3, -0.25) is 4.79 Å². The second-order valence-electron chi connectivity index (χ2n) is 7.42. The highest BCUT2D eigenvalue weighted by molar-refractivity contribution is 6.04. The number of hydrogen-bond acceptors (Lipinski definition) is 6. The molecule has 4 N–H and O–H groups in total. The second kappa shape index (κ2) is 8.93. The van der Waals surface area contributed by atoms with Gasteiger partial charge in [0.25, 0.3) is 5.91 Å². The molecule has 9 heteroatoms. The fraction of sp³-hybridized carbons (Fsp3) is 0.273. The van der Waals surface area contributed by atoms with Crippen LogP contribution in [0.15, 0.2) is 42.6 Å². The summed E-state index contributed by atoms with van der Waals surface area (Å²) in [6, 6.07) is 11.6. The molecule has 158 valence electrons. The van der Waals surface area contributed by atoms with E-state index < -0.39 is 5.91 Å². The first-order chi connectivity index (χ1) is 15.1. The summed E-state index contributed by atoms with van der Waals surface area (Å²) in [5, 5.41) is 11.8. The molecule has 1 aliphatic rings. The zero-order chi connectivity index (χ0) is 21.8. The summed E-state index contributed by atoms with van der Waals surface area (Å²) in [4.78, 5) is 26.0. The van der Waals surface area contributed by atoms with Gasteiger partial charge in [-0.25, -0.2) is 14.4 Å². The van der Waals surface area contributed by atoms with E-state index in [-0.39, 0.29) is 17.3 Å². The summed E-state index contributed by atoms with van der Waals surface area (Å²) in [6.45, 7) is 1.98. The van der Waals surface area contributed by atoms with Crippen molar-refractivity contribution in [2.24, 2.45) is 11.7 Å². The van der Waals surface area contributed by atoms with Crippen molar-refractivity contribution in [1.29, 1.82) is 5.26 Å². The first-order valence-electron chi connectivity index (χ1n) is 10.1. The minimum Gasteiger partial charge on any atom is -0.367 e. The van der Waals surface area contributed by atoms with Crippen LogP contribution in [0.5, 0.6) is 0 Å². The number of aromatic amines is 1. The van der Waals surface area contributed by atoms with Crippen molar-refractivity contribution >= 4 is 17.3 Å². The molecule has 31 heavy (non-hydrogen) atoms. The normalized spacial score (nSPS) is 14.3. The lowest BCUT2D eigenvalue weighted by Crippen LogP contribution is -2.37. The van der Waals surface area contributed by atoms with Crippen LogP contribution in [-0.2, 0) is 0 Å². The van der Waals surface area contributed by atoms with E-state index in [1.807, 2.05) is 11.0 Å². The van der Waals surface area contributed by atoms with E-state index in [1.165, 1.54) is 12.3 Å². The van der Waals surface area contributed by atoms with Gasteiger partial charge in [-0.05, 0) is 49.6 Å². The van der Waals surface area contributed by atoms with Crippen LogP contribution in [0.4, 0.5) is 15.8 Å². The van der Waals surface area contributed by atoms with Crippen LogP contribution >= 0.6 is 0 Å². The number of nitrogens with zero attached hydrogens (tertiary/aromatic N) is 4. The van der Waals surface area contributed by atoms with E-state index in [0.717, 1.165) is 12.8 Å². The number of benzene rings is 1. The number of halogens is 1. The van der Waals surface area contributed by atoms with Crippen LogP contribution in [0.1, 0.15) is 29.2 Å². The summed E-state index contributed by atoms with van der Waals surface area (Å²) >= 11 is 0. The molecule has 0 aliphatic carbocycles. The largest absolute Gasteiger partial charge is 0.367 e. The fourth-order valence-corrected chi connectivity index (χ4v) is 3.73. The third-order valence-electron chi connectivity index (χ3n) is 5.43. The van der Waals surface area contributed by atoms with Crippen LogP contribution in [0.2, 0.25) is 0 Å². The molecule has 2 aromatic heterocycles. The lowest BCUT2D eigenvalue weighted by atomic mass is 9.96. The van der Waals surface area contributed by atoms with Gasteiger partial charge in [0.05, 0.1) is 29.0 Å². The zero-order valence-electron chi connectivity index (χ0n) is 16.8. The zero-order valence-corrected chi connectivity index (χ0v) is 16.8. The van der Waals surface area contributed by atoms with Crippen molar-refractivity contribution in [1.82, 2.24) is 15.0 Å². The van der Waals surface area contributed by atoms with E-state index in [0.29, 0.717) is 48.3 Å². The number of nitrogens with one attached hydrogen (secondary N) is 2. The Kier molecular flexibility index (Phi) is 5.91. The smallest absolute Gasteiger partial charge is 0.291 e. The van der Waals surface area contributed by atoms with Crippen molar-refractivity contribution in [2.75, 3.05) is 29.9 Å². The standard InChI is InChI=1S/C22H22FN7O/c23-16-4-2-6-18(20(16)30-9-7-14(11-24)8-10-30)29-22(31)21-26-13-19(28-21)17-5-1-3-15(12-25)27-17/h1-6,13-14H,7-11,24H2,(H,26,28)(H,29,31). The predicted octanol–water partition coefficient (Wildman–Crippen LogP) is 2.91. The molecular formula is C22H22FN7O. The Morgan fingerprint density at radius 3 is 2.81 bits per heavy atom. The number of pyridine rings is 1. The summed E-state index contributed by atoms with van der Waals surface area (Å²) in [7, 11) is 0. The van der Waals surface area contributed by atoms with E-state index in [1.54, 1.807) is 30.3 Å². The third-order valence-corrected chi connectivity index (χ3v) is 5.43. The molecular weight excluding hydrogens is 397 g/mol. The summed E-state index contributed by atoms with van der Waals surface area (Å²) in [5.41, 5.74) is 7.79. The Bertz CT molecular complexity index is 1130. The van der Waals surface area contributed by atoms with Crippen LogP contribution < -0.4 is 16.0 Å². The van der Waals surface area contributed by atoms with Crippen molar-refractivity contribution in [3.05, 3.63) is 59.9 Å². The topological polar surface area (TPSA) is 124 Å². The molecule has 3 aromatic rings. The molecule has 0 bridgehead atoms. The Morgan fingerprint density at radius 2 is 2.06 bits per heavy atom. The number of nitrogens with two attached hydrogens (primary N) is 1. The first-order valence-corrected chi connectivity index (χ1v) is 10.1. The molecule has 1 amide bonds. The average Bonchev–Trinajstić information content (AvgIpc) is 3.30. The lowest BCUT2D eigenvalue weighted by molar-refractivity contribution is 0.101. The van der Waals surface area contributed by atoms with Gasteiger partial charge in [-0.15, -0.1) is 0 Å². The van der Waals surface area contributed by atoms with E-state index in [9.17, 15) is 9.18 Å². The fourth-order valence-electron chi connectivity index (χ4n) is 3.73. The monoisotopic (exact) mass is 419 g/mol. The van der Waals surface area contributed by atoms with Gasteiger partial charge in [-0.2, -0.15) is 5.26 Å². The van der Waals surface area contributed by atoms with Crippen LogP contribution in [0.25, 0.3) is 11.4 Å². The highest BCUT2D eigenvalue weighted by Crippen LogP contribution is 2.32. The Morgan fingerprint density at radius 1 is 1.29 bits per heavy atom. The summed E-state index contributed by atoms with van der Waals surface area (Å²) in [5.74, 6) is -0.375. The number of anilines is 2. The number of H-pyrrole nitrogens is 1. The van der Waals surface area contributed by atoms with E-state index in [2.05, 4.69) is 20.3 Å². The number of hydrogen-bond donors (Lipinski definition) is 3. The van der Waals surface area contributed by atoms with Gasteiger partial charge in [0.2, 0.25) is 0 Å². The number of carbonyl (C=O) groups is 1. The minimum atomic E-state index is -0.494. The molecule has 0 unspecified atom stereocenters. The Labute approximate surface area is 178 Å². The molecule has 4 rings (SSSR count). The number of para-hydroxylation sites is 1. The van der Waals surface area contributed by atoms with Gasteiger partial charge in [0.15, 0.2) is 5.82 Å². The highest BCUT2D eigenvalue weighted by Gasteiger charge is 2.24. The molecule has 8 nitrogen and oxygen atoms in total. The van der Waals surface area contributed by atoms with Crippen LogP contribution in [0.3, 0.4) is 0 Å². The summed E-state index contributed by atoms with van der Waals surface area (Å²) in [6.07, 6.45) is 3.24. The Hall–Kier alpha value is -3.77. The lowest BCUT2D eigenvalue weighted by Gasteiger charge is -2.34. The van der Waals surface area contributed by atoms with Gasteiger partial charge in [-0.1, -0.05) is 12.1 Å². The number of aromatic nitrogens is 3. The SMILES string of the molecule is N#Cc1cccc(-c2cnc(C(=O)Nc3cccc(F)c3N3CCC(CN)CC3)[nH]2)n1. The number of rotatable bonds is 5. The van der Waals surface area contributed by atoms with E-state index in [4.69, 9.17) is 11.0 Å². The van der Waals surface area contributed by atoms with Crippen molar-refractivity contribution in [3.8, 4) is 17.5 Å². The van der Waals surface area contributed by atoms with Crippen molar-refractivity contribution in [3.63, 3.8) is 0 Å². The molecule has 0 radical (unpaired) electrons. The van der Waals surface area contributed by atoms with Crippen LogP contribution in [0, 0.1) is 23.1 Å². The van der Waals surface area contributed by atoms with E-state index >= 15 is 0 Å². The molecule has 0 atom stereocenters.